The van der Waals surface area contributed by atoms with Gasteiger partial charge in [0.15, 0.2) is 0 Å². The van der Waals surface area contributed by atoms with Crippen LogP contribution in [0.2, 0.25) is 5.02 Å². The van der Waals surface area contributed by atoms with Gasteiger partial charge >= 0.3 is 0 Å². The second kappa shape index (κ2) is 9.25. The maximum Gasteiger partial charge on any atom is 0.134 e. The van der Waals surface area contributed by atoms with E-state index in [0.29, 0.717) is 15.6 Å². The molecule has 5 rings (SSSR count). The molecular formula is C27H17ClN4S. The van der Waals surface area contributed by atoms with Crippen LogP contribution in [0.5, 0.6) is 0 Å². The Labute approximate surface area is 200 Å². The highest BCUT2D eigenvalue weighted by Crippen LogP contribution is 2.31. The minimum Gasteiger partial charge on any atom is -0.240 e. The van der Waals surface area contributed by atoms with E-state index in [1.807, 2.05) is 107 Å². The third-order valence-electron chi connectivity index (χ3n) is 5.11. The van der Waals surface area contributed by atoms with Crippen molar-refractivity contribution in [2.75, 3.05) is 0 Å². The zero-order valence-corrected chi connectivity index (χ0v) is 19.0. The van der Waals surface area contributed by atoms with Gasteiger partial charge in [-0.25, -0.2) is 9.67 Å². The lowest BCUT2D eigenvalue weighted by atomic mass is 10.1. The van der Waals surface area contributed by atoms with Gasteiger partial charge in [0.25, 0.3) is 0 Å². The van der Waals surface area contributed by atoms with Crippen LogP contribution in [-0.2, 0) is 0 Å². The average Bonchev–Trinajstić information content (AvgIpc) is 3.52. The summed E-state index contributed by atoms with van der Waals surface area (Å²) in [5.74, 6) is 0. The smallest absolute Gasteiger partial charge is 0.134 e. The SMILES string of the molecule is N#CC(=Cc1cn(-c2ccccc2)nc1-c1ccc(Cl)cc1)c1nc(-c2ccccc2)cs1. The van der Waals surface area contributed by atoms with Gasteiger partial charge in [-0.2, -0.15) is 10.4 Å². The monoisotopic (exact) mass is 464 g/mol. The zero-order valence-electron chi connectivity index (χ0n) is 17.4. The van der Waals surface area contributed by atoms with Crippen LogP contribution in [0.1, 0.15) is 10.6 Å². The van der Waals surface area contributed by atoms with Gasteiger partial charge < -0.3 is 0 Å². The summed E-state index contributed by atoms with van der Waals surface area (Å²) in [6, 6.07) is 29.7. The number of rotatable bonds is 5. The number of halogens is 1. The maximum absolute atomic E-state index is 9.95. The number of nitriles is 1. The molecule has 4 nitrogen and oxygen atoms in total. The van der Waals surface area contributed by atoms with Crippen molar-refractivity contribution in [1.29, 1.82) is 5.26 Å². The van der Waals surface area contributed by atoms with E-state index in [0.717, 1.165) is 33.8 Å². The fraction of sp³-hybridized carbons (Fsp3) is 0. The molecule has 33 heavy (non-hydrogen) atoms. The lowest BCUT2D eigenvalue weighted by Gasteiger charge is -2.01. The molecule has 0 unspecified atom stereocenters. The molecule has 0 saturated heterocycles. The van der Waals surface area contributed by atoms with Gasteiger partial charge in [0.2, 0.25) is 0 Å². The predicted octanol–water partition coefficient (Wildman–Crippen LogP) is 7.38. The second-order valence-electron chi connectivity index (χ2n) is 7.29. The van der Waals surface area contributed by atoms with Crippen LogP contribution in [-0.4, -0.2) is 14.8 Å². The molecule has 2 aromatic heterocycles. The van der Waals surface area contributed by atoms with Crippen molar-refractivity contribution in [3.8, 4) is 34.3 Å². The van der Waals surface area contributed by atoms with Crippen LogP contribution < -0.4 is 0 Å². The molecule has 0 bridgehead atoms. The molecule has 0 aliphatic rings. The first-order valence-corrected chi connectivity index (χ1v) is 11.5. The fourth-order valence-corrected chi connectivity index (χ4v) is 4.39. The minimum atomic E-state index is 0.491. The van der Waals surface area contributed by atoms with E-state index in [4.69, 9.17) is 21.7 Å². The van der Waals surface area contributed by atoms with Crippen molar-refractivity contribution in [2.45, 2.75) is 0 Å². The molecule has 0 radical (unpaired) electrons. The summed E-state index contributed by atoms with van der Waals surface area (Å²) in [6.07, 6.45) is 3.78. The molecule has 158 valence electrons. The first-order chi connectivity index (χ1) is 16.2. The Morgan fingerprint density at radius 1 is 0.909 bits per heavy atom. The minimum absolute atomic E-state index is 0.491. The number of hydrogen-bond acceptors (Lipinski definition) is 4. The van der Waals surface area contributed by atoms with E-state index in [9.17, 15) is 5.26 Å². The Bertz CT molecular complexity index is 1460. The van der Waals surface area contributed by atoms with E-state index >= 15 is 0 Å². The van der Waals surface area contributed by atoms with Crippen molar-refractivity contribution in [1.82, 2.24) is 14.8 Å². The summed E-state index contributed by atoms with van der Waals surface area (Å²) < 4.78 is 1.82. The van der Waals surface area contributed by atoms with E-state index in [1.54, 1.807) is 0 Å². The molecule has 5 aromatic rings. The summed E-state index contributed by atoms with van der Waals surface area (Å²) in [6.45, 7) is 0. The molecule has 6 heteroatoms. The van der Waals surface area contributed by atoms with Gasteiger partial charge in [-0.1, -0.05) is 72.3 Å². The Kier molecular flexibility index (Phi) is 5.86. The Morgan fingerprint density at radius 2 is 1.61 bits per heavy atom. The highest BCUT2D eigenvalue weighted by Gasteiger charge is 2.15. The first-order valence-electron chi connectivity index (χ1n) is 10.3. The largest absolute Gasteiger partial charge is 0.240 e. The Balaban J connectivity index is 1.60. The van der Waals surface area contributed by atoms with Crippen molar-refractivity contribution in [3.05, 3.63) is 112 Å². The van der Waals surface area contributed by atoms with Gasteiger partial charge in [0.1, 0.15) is 11.1 Å². The van der Waals surface area contributed by atoms with Gasteiger partial charge in [0, 0.05) is 33.3 Å². The van der Waals surface area contributed by atoms with Gasteiger partial charge in [-0.3, -0.25) is 0 Å². The van der Waals surface area contributed by atoms with E-state index in [2.05, 4.69) is 6.07 Å². The molecule has 0 N–H and O–H groups in total. The van der Waals surface area contributed by atoms with Crippen LogP contribution in [0.3, 0.4) is 0 Å². The van der Waals surface area contributed by atoms with Gasteiger partial charge in [-0.05, 0) is 30.3 Å². The predicted molar refractivity (Wildman–Crippen MR) is 135 cm³/mol. The molecule has 0 atom stereocenters. The van der Waals surface area contributed by atoms with Crippen LogP contribution in [0.15, 0.2) is 96.5 Å². The number of para-hydroxylation sites is 1. The standard InChI is InChI=1S/C27H17ClN4S/c28-23-13-11-20(12-14-23)26-22(17-32(31-26)24-9-5-2-6-10-24)15-21(16-29)27-30-25(18-33-27)19-7-3-1-4-8-19/h1-15,17-18H. The number of allylic oxidation sites excluding steroid dienone is 1. The van der Waals surface area contributed by atoms with Gasteiger partial charge in [-0.15, -0.1) is 11.3 Å². The summed E-state index contributed by atoms with van der Waals surface area (Å²) in [5.41, 5.74) is 5.82. The van der Waals surface area contributed by atoms with Crippen molar-refractivity contribution in [2.24, 2.45) is 0 Å². The number of nitrogens with zero attached hydrogens (tertiary/aromatic N) is 4. The highest BCUT2D eigenvalue weighted by molar-refractivity contribution is 7.11. The van der Waals surface area contributed by atoms with Crippen LogP contribution in [0.4, 0.5) is 0 Å². The maximum atomic E-state index is 9.95. The number of benzene rings is 3. The average molecular weight is 465 g/mol. The Hall–Kier alpha value is -3.98. The summed E-state index contributed by atoms with van der Waals surface area (Å²) in [4.78, 5) is 4.71. The molecule has 0 aliphatic heterocycles. The molecule has 0 amide bonds. The molecule has 0 fully saturated rings. The molecule has 2 heterocycles. The number of thiazole rings is 1. The quantitative estimate of drug-likeness (QED) is 0.255. The molecular weight excluding hydrogens is 448 g/mol. The van der Waals surface area contributed by atoms with E-state index in [-0.39, 0.29) is 0 Å². The van der Waals surface area contributed by atoms with Crippen molar-refractivity contribution < 1.29 is 0 Å². The lowest BCUT2D eigenvalue weighted by molar-refractivity contribution is 0.884. The molecule has 3 aromatic carbocycles. The lowest BCUT2D eigenvalue weighted by Crippen LogP contribution is -1.93. The summed E-state index contributed by atoms with van der Waals surface area (Å²) in [7, 11) is 0. The summed E-state index contributed by atoms with van der Waals surface area (Å²) in [5, 5.41) is 18.1. The van der Waals surface area contributed by atoms with Crippen LogP contribution in [0, 0.1) is 11.3 Å². The third kappa shape index (κ3) is 4.49. The first kappa shape index (κ1) is 20.9. The molecule has 0 spiro atoms. The third-order valence-corrected chi connectivity index (χ3v) is 6.23. The zero-order chi connectivity index (χ0) is 22.6. The second-order valence-corrected chi connectivity index (χ2v) is 8.59. The number of aromatic nitrogens is 3. The highest BCUT2D eigenvalue weighted by atomic mass is 35.5. The van der Waals surface area contributed by atoms with Crippen LogP contribution >= 0.6 is 22.9 Å². The molecule has 0 aliphatic carbocycles. The van der Waals surface area contributed by atoms with E-state index in [1.165, 1.54) is 11.3 Å². The van der Waals surface area contributed by atoms with Crippen LogP contribution in [0.25, 0.3) is 39.9 Å². The van der Waals surface area contributed by atoms with Crippen molar-refractivity contribution >= 4 is 34.6 Å². The fourth-order valence-electron chi connectivity index (χ4n) is 3.47. The van der Waals surface area contributed by atoms with Crippen molar-refractivity contribution in [3.63, 3.8) is 0 Å². The molecule has 0 saturated carbocycles. The normalized spacial score (nSPS) is 11.3. The topological polar surface area (TPSA) is 54.5 Å². The van der Waals surface area contributed by atoms with E-state index < -0.39 is 0 Å². The summed E-state index contributed by atoms with van der Waals surface area (Å²) >= 11 is 7.55. The van der Waals surface area contributed by atoms with Gasteiger partial charge in [0.05, 0.1) is 22.6 Å². The number of hydrogen-bond donors (Lipinski definition) is 0. The Morgan fingerprint density at radius 3 is 2.30 bits per heavy atom.